The van der Waals surface area contributed by atoms with E-state index in [4.69, 9.17) is 14.0 Å². The number of carbonyl (C=O) groups is 4. The molecule has 2 heterocycles. The van der Waals surface area contributed by atoms with Gasteiger partial charge in [0.2, 0.25) is 17.6 Å². The van der Waals surface area contributed by atoms with E-state index in [1.807, 2.05) is 0 Å². The van der Waals surface area contributed by atoms with Crippen LogP contribution in [-0.4, -0.2) is 57.5 Å². The molecule has 0 aliphatic rings. The fraction of sp³-hybridized carbons (Fsp3) is 0.275. The molecule has 5 rings (SSSR count). The highest BCUT2D eigenvalue weighted by atomic mass is 19.1. The number of amides is 4. The van der Waals surface area contributed by atoms with Gasteiger partial charge >= 0.3 is 5.69 Å². The minimum Gasteiger partial charge on any atom is -0.495 e. The van der Waals surface area contributed by atoms with Gasteiger partial charge in [-0.05, 0) is 74.7 Å². The molecule has 0 saturated heterocycles. The van der Waals surface area contributed by atoms with Gasteiger partial charge in [0.1, 0.15) is 35.9 Å². The number of para-hydroxylation sites is 1. The van der Waals surface area contributed by atoms with E-state index in [1.54, 1.807) is 64.1 Å². The molecule has 57 heavy (non-hydrogen) atoms. The summed E-state index contributed by atoms with van der Waals surface area (Å²) in [6, 6.07) is 15.1. The Morgan fingerprint density at radius 2 is 1.61 bits per heavy atom. The molecule has 0 bridgehead atoms. The predicted octanol–water partition coefficient (Wildman–Crippen LogP) is 4.07. The van der Waals surface area contributed by atoms with Crippen LogP contribution in [0.2, 0.25) is 0 Å². The van der Waals surface area contributed by atoms with Gasteiger partial charge < -0.3 is 40.2 Å². The SMILES string of the molecule is COc1ccc(C(=O)N[C@H](C(=O)N[C@@H](C)C(=O)Nc2ccc(Cn3c(=O)[nH]cc(F)c3=O)cc2)C(C)C)cc1NC(=O)c1ccccc1OCc1c(C)noc1C. The summed E-state index contributed by atoms with van der Waals surface area (Å²) in [6.45, 7) is 8.43. The molecule has 3 aromatic carbocycles. The van der Waals surface area contributed by atoms with E-state index < -0.39 is 58.7 Å². The van der Waals surface area contributed by atoms with Crippen molar-refractivity contribution < 1.29 is 37.6 Å². The third-order valence-corrected chi connectivity index (χ3v) is 8.96. The van der Waals surface area contributed by atoms with Crippen LogP contribution in [0, 0.1) is 25.6 Å². The van der Waals surface area contributed by atoms with Crippen LogP contribution in [0.4, 0.5) is 15.8 Å². The first-order chi connectivity index (χ1) is 27.2. The number of aromatic nitrogens is 3. The number of nitrogens with zero attached hydrogens (tertiary/aromatic N) is 2. The number of rotatable bonds is 15. The summed E-state index contributed by atoms with van der Waals surface area (Å²) in [7, 11) is 1.42. The second-order valence-electron chi connectivity index (χ2n) is 13.4. The maximum Gasteiger partial charge on any atom is 0.328 e. The maximum atomic E-state index is 13.6. The highest BCUT2D eigenvalue weighted by molar-refractivity contribution is 6.08. The number of ether oxygens (including phenoxy) is 2. The van der Waals surface area contributed by atoms with E-state index in [2.05, 4.69) is 31.4 Å². The zero-order chi connectivity index (χ0) is 41.4. The van der Waals surface area contributed by atoms with Crippen LogP contribution < -0.4 is 42.0 Å². The molecular formula is C40H42FN7O9. The molecule has 298 valence electrons. The molecule has 0 saturated carbocycles. The number of halogens is 1. The Morgan fingerprint density at radius 1 is 0.895 bits per heavy atom. The van der Waals surface area contributed by atoms with Crippen molar-refractivity contribution in [2.75, 3.05) is 17.7 Å². The first kappa shape index (κ1) is 41.1. The number of aryl methyl sites for hydroxylation is 2. The highest BCUT2D eigenvalue weighted by Gasteiger charge is 2.28. The lowest BCUT2D eigenvalue weighted by Gasteiger charge is -2.24. The Balaban J connectivity index is 1.21. The molecular weight excluding hydrogens is 741 g/mol. The van der Waals surface area contributed by atoms with E-state index in [0.29, 0.717) is 39.2 Å². The first-order valence-corrected chi connectivity index (χ1v) is 17.8. The Bertz CT molecular complexity index is 2380. The van der Waals surface area contributed by atoms with E-state index in [-0.39, 0.29) is 35.7 Å². The van der Waals surface area contributed by atoms with E-state index in [1.165, 1.54) is 44.4 Å². The van der Waals surface area contributed by atoms with Gasteiger partial charge in [-0.2, -0.15) is 4.39 Å². The van der Waals surface area contributed by atoms with Gasteiger partial charge in [0.05, 0.1) is 36.2 Å². The van der Waals surface area contributed by atoms with Crippen LogP contribution in [0.5, 0.6) is 11.5 Å². The average Bonchev–Trinajstić information content (AvgIpc) is 3.52. The molecule has 16 nitrogen and oxygen atoms in total. The molecule has 17 heteroatoms. The van der Waals surface area contributed by atoms with Crippen LogP contribution in [0.1, 0.15) is 64.1 Å². The average molecular weight is 784 g/mol. The van der Waals surface area contributed by atoms with Gasteiger partial charge in [-0.3, -0.25) is 28.5 Å². The summed E-state index contributed by atoms with van der Waals surface area (Å²) in [6.07, 6.45) is 0.695. The number of nitrogens with one attached hydrogen (secondary N) is 5. The van der Waals surface area contributed by atoms with Crippen LogP contribution in [-0.2, 0) is 22.7 Å². The third-order valence-electron chi connectivity index (χ3n) is 8.96. The number of benzene rings is 3. The highest BCUT2D eigenvalue weighted by Crippen LogP contribution is 2.28. The number of H-pyrrole nitrogens is 1. The largest absolute Gasteiger partial charge is 0.495 e. The van der Waals surface area contributed by atoms with Crippen molar-refractivity contribution in [1.29, 1.82) is 0 Å². The molecule has 4 amide bonds. The Morgan fingerprint density at radius 3 is 2.28 bits per heavy atom. The van der Waals surface area contributed by atoms with Gasteiger partial charge in [-0.15, -0.1) is 0 Å². The van der Waals surface area contributed by atoms with Crippen molar-refractivity contribution in [3.8, 4) is 11.5 Å². The molecule has 2 atom stereocenters. The van der Waals surface area contributed by atoms with Crippen LogP contribution in [0.25, 0.3) is 0 Å². The summed E-state index contributed by atoms with van der Waals surface area (Å²) in [5, 5.41) is 14.7. The summed E-state index contributed by atoms with van der Waals surface area (Å²) in [5.41, 5.74) is 0.990. The van der Waals surface area contributed by atoms with Crippen molar-refractivity contribution in [2.24, 2.45) is 5.92 Å². The molecule has 0 radical (unpaired) electrons. The topological polar surface area (TPSA) is 216 Å². The van der Waals surface area contributed by atoms with Gasteiger partial charge in [-0.1, -0.05) is 43.3 Å². The molecule has 0 spiro atoms. The normalized spacial score (nSPS) is 12.0. The maximum absolute atomic E-state index is 13.6. The number of hydrogen-bond donors (Lipinski definition) is 5. The standard InChI is InChI=1S/C40H42FN7O9/c1-21(2)34(38(52)43-23(4)35(49)44-27-14-11-25(12-15-27)19-48-39(53)30(41)18-42-40(48)54)46-36(50)26-13-16-33(55-6)31(17-26)45-37(51)28-9-7-8-10-32(28)56-20-29-22(3)47-57-24(29)5/h7-18,21,23,34H,19-20H2,1-6H3,(H,42,54)(H,43,52)(H,44,49)(H,45,51)(H,46,50)/t23-,34-/m0/s1. The van der Waals surface area contributed by atoms with Gasteiger partial charge in [-0.25, -0.2) is 4.79 Å². The zero-order valence-corrected chi connectivity index (χ0v) is 32.0. The van der Waals surface area contributed by atoms with Crippen LogP contribution in [0.15, 0.2) is 87.0 Å². The number of aromatic amines is 1. The van der Waals surface area contributed by atoms with Crippen molar-refractivity contribution in [3.05, 3.63) is 133 Å². The first-order valence-electron chi connectivity index (χ1n) is 17.8. The molecule has 0 aliphatic heterocycles. The van der Waals surface area contributed by atoms with E-state index in [0.717, 1.165) is 5.56 Å². The number of hydrogen-bond acceptors (Lipinski definition) is 10. The van der Waals surface area contributed by atoms with Gasteiger partial charge in [0, 0.05) is 17.4 Å². The Kier molecular flexibility index (Phi) is 13.0. The zero-order valence-electron chi connectivity index (χ0n) is 32.0. The smallest absolute Gasteiger partial charge is 0.328 e. The van der Waals surface area contributed by atoms with Crippen molar-refractivity contribution >= 4 is 35.0 Å². The minimum absolute atomic E-state index is 0.119. The molecule has 5 N–H and O–H groups in total. The summed E-state index contributed by atoms with van der Waals surface area (Å²) >= 11 is 0. The number of anilines is 2. The lowest BCUT2D eigenvalue weighted by Crippen LogP contribution is -2.53. The van der Waals surface area contributed by atoms with Crippen LogP contribution >= 0.6 is 0 Å². The summed E-state index contributed by atoms with van der Waals surface area (Å²) in [5.74, 6) is -2.62. The minimum atomic E-state index is -1.10. The molecule has 0 unspecified atom stereocenters. The molecule has 0 fully saturated rings. The quantitative estimate of drug-likeness (QED) is 0.103. The third kappa shape index (κ3) is 9.99. The summed E-state index contributed by atoms with van der Waals surface area (Å²) in [4.78, 5) is 79.6. The van der Waals surface area contributed by atoms with Gasteiger partial charge in [0.15, 0.2) is 0 Å². The Labute approximate surface area is 325 Å². The van der Waals surface area contributed by atoms with E-state index >= 15 is 0 Å². The number of carbonyl (C=O) groups excluding carboxylic acids is 4. The predicted molar refractivity (Wildman–Crippen MR) is 207 cm³/mol. The van der Waals surface area contributed by atoms with E-state index in [9.17, 15) is 33.2 Å². The van der Waals surface area contributed by atoms with Crippen LogP contribution in [0.3, 0.4) is 0 Å². The van der Waals surface area contributed by atoms with Gasteiger partial charge in [0.25, 0.3) is 17.4 Å². The second kappa shape index (κ2) is 18.1. The van der Waals surface area contributed by atoms with Crippen molar-refractivity contribution in [2.45, 2.75) is 59.9 Å². The second-order valence-corrected chi connectivity index (χ2v) is 13.4. The molecule has 2 aromatic heterocycles. The van der Waals surface area contributed by atoms with Crippen molar-refractivity contribution in [3.63, 3.8) is 0 Å². The molecule has 5 aromatic rings. The Hall–Kier alpha value is -7.04. The van der Waals surface area contributed by atoms with Crippen molar-refractivity contribution in [1.82, 2.24) is 25.3 Å². The fourth-order valence-electron chi connectivity index (χ4n) is 5.66. The summed E-state index contributed by atoms with van der Waals surface area (Å²) < 4.78 is 31.0. The number of methoxy groups -OCH3 is 1. The lowest BCUT2D eigenvalue weighted by molar-refractivity contribution is -0.128. The molecule has 0 aliphatic carbocycles. The fourth-order valence-corrected chi connectivity index (χ4v) is 5.66. The lowest BCUT2D eigenvalue weighted by atomic mass is 10.0. The monoisotopic (exact) mass is 783 g/mol.